The average molecular weight is 353 g/mol. The molecule has 0 amide bonds. The van der Waals surface area contributed by atoms with Gasteiger partial charge in [-0.15, -0.1) is 0 Å². The van der Waals surface area contributed by atoms with Crippen LogP contribution in [0.25, 0.3) is 0 Å². The molecule has 9 heteroatoms. The first-order valence-corrected chi connectivity index (χ1v) is 9.29. The summed E-state index contributed by atoms with van der Waals surface area (Å²) in [4.78, 5) is 22.0. The molecule has 7 nitrogen and oxygen atoms in total. The van der Waals surface area contributed by atoms with Crippen LogP contribution in [-0.4, -0.2) is 25.4 Å². The Kier molecular flexibility index (Phi) is 3.69. The summed E-state index contributed by atoms with van der Waals surface area (Å²) in [6, 6.07) is 5.82. The van der Waals surface area contributed by atoms with Crippen LogP contribution in [0.4, 0.5) is 5.69 Å². The topological polar surface area (TPSA) is 104 Å². The lowest BCUT2D eigenvalue weighted by atomic mass is 10.1. The van der Waals surface area contributed by atoms with Gasteiger partial charge in [0.2, 0.25) is 0 Å². The smallest absolute Gasteiger partial charge is 0.324 e. The summed E-state index contributed by atoms with van der Waals surface area (Å²) in [6.07, 6.45) is 2.02. The van der Waals surface area contributed by atoms with Crippen LogP contribution in [0.3, 0.4) is 0 Å². The number of aryl methyl sites for hydroxylation is 1. The van der Waals surface area contributed by atoms with Crippen molar-refractivity contribution in [3.8, 4) is 10.8 Å². The second-order valence-corrected chi connectivity index (χ2v) is 8.37. The van der Waals surface area contributed by atoms with E-state index >= 15 is 0 Å². The van der Waals surface area contributed by atoms with Gasteiger partial charge in [-0.05, 0) is 30.2 Å². The van der Waals surface area contributed by atoms with Crippen molar-refractivity contribution in [3.63, 3.8) is 0 Å². The molecular weight excluding hydrogens is 342 g/mol. The van der Waals surface area contributed by atoms with Crippen molar-refractivity contribution in [1.82, 2.24) is 0 Å². The number of thiophene rings is 1. The first-order chi connectivity index (χ1) is 10.8. The Morgan fingerprint density at radius 1 is 1.26 bits per heavy atom. The number of Topliss-reactive ketones (excluding diaryl/α,β-unsaturated/α-hetero) is 1. The summed E-state index contributed by atoms with van der Waals surface area (Å²) in [7, 11) is -3.56. The van der Waals surface area contributed by atoms with Crippen molar-refractivity contribution in [2.45, 2.75) is 17.1 Å². The van der Waals surface area contributed by atoms with E-state index in [-0.39, 0.29) is 15.1 Å². The SMILES string of the molecule is CS(=O)(=O)c1cc([N+](=O)[O-])c(Oc2ccc3c(c2)CCC3=O)s1. The lowest BCUT2D eigenvalue weighted by Gasteiger charge is -2.05. The molecule has 1 heterocycles. The number of rotatable bonds is 4. The number of ether oxygens (including phenoxy) is 1. The van der Waals surface area contributed by atoms with Gasteiger partial charge < -0.3 is 4.74 Å². The molecule has 1 aliphatic rings. The van der Waals surface area contributed by atoms with E-state index in [1.807, 2.05) is 0 Å². The number of nitrogens with zero attached hydrogens (tertiary/aromatic N) is 1. The molecule has 0 saturated heterocycles. The molecule has 0 fully saturated rings. The molecule has 1 aromatic carbocycles. The van der Waals surface area contributed by atoms with Crippen molar-refractivity contribution in [3.05, 3.63) is 45.5 Å². The second-order valence-electron chi connectivity index (χ2n) is 5.11. The minimum atomic E-state index is -3.56. The molecule has 23 heavy (non-hydrogen) atoms. The Balaban J connectivity index is 1.98. The van der Waals surface area contributed by atoms with Crippen molar-refractivity contribution in [2.75, 3.05) is 6.26 Å². The molecule has 0 radical (unpaired) electrons. The van der Waals surface area contributed by atoms with E-state index in [0.29, 0.717) is 35.5 Å². The maximum atomic E-state index is 11.6. The fourth-order valence-electron chi connectivity index (χ4n) is 2.33. The standard InChI is InChI=1S/C14H11NO6S2/c1-23(19,20)13-7-11(15(17)18)14(22-13)21-9-3-4-10-8(6-9)2-5-12(10)16/h3-4,6-7H,2,5H2,1H3. The fraction of sp³-hybridized carbons (Fsp3) is 0.214. The third-order valence-electron chi connectivity index (χ3n) is 3.43. The Hall–Kier alpha value is -2.26. The number of ketones is 1. The van der Waals surface area contributed by atoms with Crippen molar-refractivity contribution in [2.24, 2.45) is 0 Å². The minimum Gasteiger partial charge on any atom is -0.440 e. The number of nitro groups is 1. The largest absolute Gasteiger partial charge is 0.440 e. The number of hydrogen-bond donors (Lipinski definition) is 0. The van der Waals surface area contributed by atoms with E-state index in [1.165, 1.54) is 0 Å². The highest BCUT2D eigenvalue weighted by atomic mass is 32.2. The number of carbonyl (C=O) groups is 1. The highest BCUT2D eigenvalue weighted by Gasteiger charge is 2.26. The van der Waals surface area contributed by atoms with Gasteiger partial charge in [-0.3, -0.25) is 14.9 Å². The molecule has 0 bridgehead atoms. The maximum absolute atomic E-state index is 11.6. The van der Waals surface area contributed by atoms with E-state index in [2.05, 4.69) is 0 Å². The van der Waals surface area contributed by atoms with Crippen LogP contribution in [0.15, 0.2) is 28.5 Å². The number of sulfone groups is 1. The number of fused-ring (bicyclic) bond motifs is 1. The van der Waals surface area contributed by atoms with Crippen LogP contribution in [0.5, 0.6) is 10.8 Å². The molecule has 0 spiro atoms. The van der Waals surface area contributed by atoms with Crippen molar-refractivity contribution < 1.29 is 22.9 Å². The van der Waals surface area contributed by atoms with Gasteiger partial charge in [-0.1, -0.05) is 11.3 Å². The van der Waals surface area contributed by atoms with Gasteiger partial charge in [0.25, 0.3) is 5.06 Å². The normalized spacial score (nSPS) is 13.9. The zero-order valence-electron chi connectivity index (χ0n) is 11.9. The molecule has 0 N–H and O–H groups in total. The summed E-state index contributed by atoms with van der Waals surface area (Å²) >= 11 is 0.705. The molecule has 2 aromatic rings. The van der Waals surface area contributed by atoms with E-state index in [4.69, 9.17) is 4.74 Å². The highest BCUT2D eigenvalue weighted by Crippen LogP contribution is 2.42. The van der Waals surface area contributed by atoms with Gasteiger partial charge in [-0.2, -0.15) is 0 Å². The minimum absolute atomic E-state index is 0.0630. The molecule has 1 aliphatic carbocycles. The Bertz CT molecular complexity index is 929. The monoisotopic (exact) mass is 353 g/mol. The Morgan fingerprint density at radius 2 is 2.00 bits per heavy atom. The van der Waals surface area contributed by atoms with Gasteiger partial charge >= 0.3 is 5.69 Å². The lowest BCUT2D eigenvalue weighted by molar-refractivity contribution is -0.385. The fourth-order valence-corrected chi connectivity index (χ4v) is 4.22. The van der Waals surface area contributed by atoms with Gasteiger partial charge in [0.05, 0.1) is 4.92 Å². The zero-order valence-corrected chi connectivity index (χ0v) is 13.6. The quantitative estimate of drug-likeness (QED) is 0.618. The van der Waals surface area contributed by atoms with Gasteiger partial charge in [0, 0.05) is 24.3 Å². The van der Waals surface area contributed by atoms with Crippen LogP contribution in [-0.2, 0) is 16.3 Å². The molecule has 0 saturated carbocycles. The average Bonchev–Trinajstić information content (AvgIpc) is 3.03. The van der Waals surface area contributed by atoms with Gasteiger partial charge in [0.1, 0.15) is 9.96 Å². The van der Waals surface area contributed by atoms with Crippen LogP contribution in [0.1, 0.15) is 22.3 Å². The molecule has 0 unspecified atom stereocenters. The lowest BCUT2D eigenvalue weighted by Crippen LogP contribution is -1.93. The zero-order chi connectivity index (χ0) is 16.8. The third-order valence-corrected chi connectivity index (χ3v) is 6.23. The van der Waals surface area contributed by atoms with Crippen LogP contribution < -0.4 is 4.74 Å². The molecule has 0 aliphatic heterocycles. The number of carbonyl (C=O) groups excluding carboxylic acids is 1. The summed E-state index contributed by atoms with van der Waals surface area (Å²) < 4.78 is 28.5. The van der Waals surface area contributed by atoms with Crippen LogP contribution >= 0.6 is 11.3 Å². The third kappa shape index (κ3) is 2.97. The van der Waals surface area contributed by atoms with Crippen LogP contribution in [0, 0.1) is 10.1 Å². The van der Waals surface area contributed by atoms with Crippen molar-refractivity contribution >= 4 is 32.6 Å². The maximum Gasteiger partial charge on any atom is 0.324 e. The summed E-state index contributed by atoms with van der Waals surface area (Å²) in [5.74, 6) is 0.400. The first kappa shape index (κ1) is 15.6. The molecule has 0 atom stereocenters. The van der Waals surface area contributed by atoms with Gasteiger partial charge in [0.15, 0.2) is 15.6 Å². The Labute approximate surface area is 135 Å². The second kappa shape index (κ2) is 5.43. The van der Waals surface area contributed by atoms with E-state index in [9.17, 15) is 23.3 Å². The van der Waals surface area contributed by atoms with E-state index in [1.54, 1.807) is 18.2 Å². The van der Waals surface area contributed by atoms with Gasteiger partial charge in [-0.25, -0.2) is 8.42 Å². The van der Waals surface area contributed by atoms with Crippen molar-refractivity contribution in [1.29, 1.82) is 0 Å². The Morgan fingerprint density at radius 3 is 2.65 bits per heavy atom. The molecular formula is C14H11NO6S2. The molecule has 120 valence electrons. The number of benzene rings is 1. The predicted molar refractivity (Wildman–Crippen MR) is 83.3 cm³/mol. The first-order valence-electron chi connectivity index (χ1n) is 6.58. The predicted octanol–water partition coefficient (Wildman–Crippen LogP) is 2.98. The summed E-state index contributed by atoms with van der Waals surface area (Å²) in [5, 5.41) is 11.0. The molecule has 1 aromatic heterocycles. The summed E-state index contributed by atoms with van der Waals surface area (Å²) in [5.41, 5.74) is 1.07. The van der Waals surface area contributed by atoms with E-state index < -0.39 is 20.4 Å². The highest BCUT2D eigenvalue weighted by molar-refractivity contribution is 7.92. The van der Waals surface area contributed by atoms with Crippen LogP contribution in [0.2, 0.25) is 0 Å². The number of hydrogen-bond acceptors (Lipinski definition) is 7. The summed E-state index contributed by atoms with van der Waals surface area (Å²) in [6.45, 7) is 0. The molecule has 3 rings (SSSR count). The van der Waals surface area contributed by atoms with E-state index in [0.717, 1.165) is 17.9 Å².